The van der Waals surface area contributed by atoms with Gasteiger partial charge in [0.15, 0.2) is 9.84 Å². The number of aryl methyl sites for hydroxylation is 1. The molecule has 0 fully saturated rings. The van der Waals surface area contributed by atoms with Gasteiger partial charge in [0.1, 0.15) is 5.75 Å². The van der Waals surface area contributed by atoms with Gasteiger partial charge >= 0.3 is 0 Å². The third-order valence-corrected chi connectivity index (χ3v) is 11.2. The van der Waals surface area contributed by atoms with Crippen molar-refractivity contribution in [3.05, 3.63) is 75.9 Å². The second-order valence-electron chi connectivity index (χ2n) is 14.3. The van der Waals surface area contributed by atoms with Crippen molar-refractivity contribution >= 4 is 21.6 Å². The van der Waals surface area contributed by atoms with Gasteiger partial charge in [-0.3, -0.25) is 0 Å². The van der Waals surface area contributed by atoms with Crippen molar-refractivity contribution in [3.8, 4) is 5.75 Å². The number of fused-ring (bicyclic) bond motifs is 1. The number of sulfone groups is 1. The largest absolute Gasteiger partial charge is 0.507 e. The van der Waals surface area contributed by atoms with Crippen LogP contribution in [0.15, 0.2) is 63.4 Å². The maximum atomic E-state index is 14.1. The zero-order valence-electron chi connectivity index (χ0n) is 26.5. The quantitative estimate of drug-likeness (QED) is 0.315. The van der Waals surface area contributed by atoms with Crippen molar-refractivity contribution in [2.24, 2.45) is 0 Å². The van der Waals surface area contributed by atoms with Crippen LogP contribution < -0.4 is 0 Å². The van der Waals surface area contributed by atoms with Crippen LogP contribution in [0.5, 0.6) is 5.75 Å². The van der Waals surface area contributed by atoms with E-state index in [0.717, 1.165) is 41.5 Å². The summed E-state index contributed by atoms with van der Waals surface area (Å²) in [5.74, 6) is 0.391. The molecule has 0 saturated heterocycles. The van der Waals surface area contributed by atoms with Crippen LogP contribution in [0.1, 0.15) is 111 Å². The number of rotatable bonds is 8. The highest BCUT2D eigenvalue weighted by Gasteiger charge is 2.43. The fourth-order valence-electron chi connectivity index (χ4n) is 5.70. The molecule has 3 rings (SSSR count). The van der Waals surface area contributed by atoms with Crippen molar-refractivity contribution in [1.82, 2.24) is 0 Å². The lowest BCUT2D eigenvalue weighted by atomic mass is 9.76. The summed E-state index contributed by atoms with van der Waals surface area (Å²) in [6.45, 7) is 23.3. The molecule has 0 saturated carbocycles. The summed E-state index contributed by atoms with van der Waals surface area (Å²) in [7, 11) is -3.60. The molecule has 5 heteroatoms. The Balaban J connectivity index is 2.08. The van der Waals surface area contributed by atoms with Gasteiger partial charge in [0, 0.05) is 20.8 Å². The molecule has 0 aliphatic carbocycles. The first kappa shape index (κ1) is 32.5. The van der Waals surface area contributed by atoms with Gasteiger partial charge < -0.3 is 5.11 Å². The first-order chi connectivity index (χ1) is 18.2. The van der Waals surface area contributed by atoms with Gasteiger partial charge in [0.25, 0.3) is 0 Å². The van der Waals surface area contributed by atoms with Crippen molar-refractivity contribution in [2.75, 3.05) is 0 Å². The molecular formula is C35H50O3S2. The molecule has 0 radical (unpaired) electrons. The van der Waals surface area contributed by atoms with Gasteiger partial charge in [-0.05, 0) is 94.9 Å². The summed E-state index contributed by atoms with van der Waals surface area (Å²) >= 11 is 1.78. The highest BCUT2D eigenvalue weighted by Crippen LogP contribution is 2.55. The standard InChI is InChI=1S/C35H50O3S2/c1-23(2)13-12-14-25(4)19-27(40(37,38)26-17-15-24(3)16-18-26)21-35(11)22-28-30(39-35)20-29(33(5,6)7)32(36)31(28)34(8,9)10/h13,15-20,27,36H,12,14,21-22H2,1-11H3. The Bertz CT molecular complexity index is 1390. The average Bonchev–Trinajstić information content (AvgIpc) is 3.11. The van der Waals surface area contributed by atoms with Gasteiger partial charge in [0.2, 0.25) is 0 Å². The Hall–Kier alpha value is -1.98. The van der Waals surface area contributed by atoms with Crippen LogP contribution in [-0.2, 0) is 27.1 Å². The van der Waals surface area contributed by atoms with E-state index in [9.17, 15) is 13.5 Å². The molecule has 2 unspecified atom stereocenters. The third-order valence-electron chi connectivity index (χ3n) is 7.77. The summed E-state index contributed by atoms with van der Waals surface area (Å²) in [5, 5.41) is 10.9. The predicted octanol–water partition coefficient (Wildman–Crippen LogP) is 9.63. The zero-order valence-corrected chi connectivity index (χ0v) is 28.2. The van der Waals surface area contributed by atoms with Crippen LogP contribution in [0, 0.1) is 6.92 Å². The minimum Gasteiger partial charge on any atom is -0.507 e. The monoisotopic (exact) mass is 582 g/mol. The maximum absolute atomic E-state index is 14.1. The summed E-state index contributed by atoms with van der Waals surface area (Å²) in [5.41, 5.74) is 6.09. The molecule has 0 bridgehead atoms. The summed E-state index contributed by atoms with van der Waals surface area (Å²) in [6.07, 6.45) is 7.18. The first-order valence-electron chi connectivity index (χ1n) is 14.4. The molecule has 220 valence electrons. The average molecular weight is 583 g/mol. The minimum absolute atomic E-state index is 0.207. The predicted molar refractivity (Wildman–Crippen MR) is 173 cm³/mol. The summed E-state index contributed by atoms with van der Waals surface area (Å²) in [6, 6.07) is 9.40. The van der Waals surface area contributed by atoms with Gasteiger partial charge in [-0.1, -0.05) is 82.5 Å². The molecule has 2 aromatic carbocycles. The van der Waals surface area contributed by atoms with E-state index in [1.807, 2.05) is 25.1 Å². The molecule has 40 heavy (non-hydrogen) atoms. The highest BCUT2D eigenvalue weighted by molar-refractivity contribution is 8.01. The molecule has 2 aromatic rings. The van der Waals surface area contributed by atoms with Crippen molar-refractivity contribution in [2.45, 2.75) is 132 Å². The molecule has 1 aliphatic rings. The summed E-state index contributed by atoms with van der Waals surface area (Å²) < 4.78 is 27.9. The number of thioether (sulfide) groups is 1. The number of allylic oxidation sites excluding steroid dienone is 3. The fraction of sp³-hybridized carbons (Fsp3) is 0.543. The van der Waals surface area contributed by atoms with Gasteiger partial charge in [-0.25, -0.2) is 8.42 Å². The van der Waals surface area contributed by atoms with Crippen LogP contribution in [0.3, 0.4) is 0 Å². The third kappa shape index (κ3) is 7.45. The SMILES string of the molecule is CC(C)=CCCC(C)=CC(CC1(C)Cc2c(cc(C(C)(C)C)c(O)c2C(C)(C)C)S1)S(=O)(=O)c1ccc(C)cc1. The molecule has 1 N–H and O–H groups in total. The topological polar surface area (TPSA) is 54.4 Å². The van der Waals surface area contributed by atoms with E-state index in [0.29, 0.717) is 17.1 Å². The van der Waals surface area contributed by atoms with Gasteiger partial charge in [-0.2, -0.15) is 0 Å². The van der Waals surface area contributed by atoms with E-state index in [-0.39, 0.29) is 15.6 Å². The molecular weight excluding hydrogens is 533 g/mol. The van der Waals surface area contributed by atoms with Crippen LogP contribution >= 0.6 is 11.8 Å². The highest BCUT2D eigenvalue weighted by atomic mass is 32.2. The molecule has 0 aromatic heterocycles. The Morgan fingerprint density at radius 3 is 2.17 bits per heavy atom. The summed E-state index contributed by atoms with van der Waals surface area (Å²) in [4.78, 5) is 1.55. The van der Waals surface area contributed by atoms with Crippen LogP contribution in [-0.4, -0.2) is 23.5 Å². The van der Waals surface area contributed by atoms with Crippen LogP contribution in [0.25, 0.3) is 0 Å². The second-order valence-corrected chi connectivity index (χ2v) is 18.1. The molecule has 1 heterocycles. The Kier molecular flexibility index (Phi) is 9.53. The number of benzene rings is 2. The van der Waals surface area contributed by atoms with Gasteiger partial charge in [-0.15, -0.1) is 11.8 Å². The van der Waals surface area contributed by atoms with E-state index < -0.39 is 15.1 Å². The van der Waals surface area contributed by atoms with E-state index in [1.54, 1.807) is 23.9 Å². The van der Waals surface area contributed by atoms with Crippen molar-refractivity contribution < 1.29 is 13.5 Å². The molecule has 0 amide bonds. The molecule has 0 spiro atoms. The maximum Gasteiger partial charge on any atom is 0.184 e. The zero-order chi connectivity index (χ0) is 30.3. The normalized spacial score (nSPS) is 18.9. The number of hydrogen-bond acceptors (Lipinski definition) is 4. The number of phenolic OH excluding ortho intramolecular Hbond substituents is 1. The van der Waals surface area contributed by atoms with Crippen LogP contribution in [0.4, 0.5) is 0 Å². The Morgan fingerprint density at radius 1 is 1.05 bits per heavy atom. The Morgan fingerprint density at radius 2 is 1.65 bits per heavy atom. The molecule has 1 aliphatic heterocycles. The number of phenols is 1. The Labute approximate surface area is 248 Å². The number of aromatic hydroxyl groups is 1. The second kappa shape index (κ2) is 11.7. The van der Waals surface area contributed by atoms with E-state index in [2.05, 4.69) is 81.4 Å². The molecule has 2 atom stereocenters. The van der Waals surface area contributed by atoms with E-state index in [4.69, 9.17) is 0 Å². The van der Waals surface area contributed by atoms with E-state index in [1.165, 1.54) is 16.0 Å². The first-order valence-corrected chi connectivity index (χ1v) is 16.8. The number of hydrogen-bond donors (Lipinski definition) is 1. The van der Waals surface area contributed by atoms with E-state index >= 15 is 0 Å². The molecule has 3 nitrogen and oxygen atoms in total. The van der Waals surface area contributed by atoms with Crippen LogP contribution in [0.2, 0.25) is 0 Å². The van der Waals surface area contributed by atoms with Gasteiger partial charge in [0.05, 0.1) is 10.1 Å². The van der Waals surface area contributed by atoms with Crippen molar-refractivity contribution in [3.63, 3.8) is 0 Å². The minimum atomic E-state index is -3.60. The smallest absolute Gasteiger partial charge is 0.184 e. The van der Waals surface area contributed by atoms with Crippen molar-refractivity contribution in [1.29, 1.82) is 0 Å². The lowest BCUT2D eigenvalue weighted by Crippen LogP contribution is -2.31. The fourth-order valence-corrected chi connectivity index (χ4v) is 9.15. The lowest BCUT2D eigenvalue weighted by Gasteiger charge is -2.30. The lowest BCUT2D eigenvalue weighted by molar-refractivity contribution is 0.418.